The summed E-state index contributed by atoms with van der Waals surface area (Å²) in [7, 11) is 1.72. The summed E-state index contributed by atoms with van der Waals surface area (Å²) in [6.07, 6.45) is 1.05. The molecule has 1 rings (SSSR count). The van der Waals surface area contributed by atoms with Gasteiger partial charge in [-0.1, -0.05) is 36.7 Å². The van der Waals surface area contributed by atoms with Crippen molar-refractivity contribution in [1.29, 1.82) is 0 Å². The molecule has 0 heterocycles. The quantitative estimate of drug-likeness (QED) is 0.807. The normalized spacial score (nSPS) is 12.7. The molecule has 0 saturated heterocycles. The summed E-state index contributed by atoms with van der Waals surface area (Å²) in [6, 6.07) is 8.29. The Kier molecular flexibility index (Phi) is 5.69. The van der Waals surface area contributed by atoms with Crippen LogP contribution in [0.1, 0.15) is 18.9 Å². The van der Waals surface area contributed by atoms with Gasteiger partial charge in [-0.15, -0.1) is 0 Å². The zero-order valence-corrected chi connectivity index (χ0v) is 10.1. The predicted molar refractivity (Wildman–Crippen MR) is 64.2 cm³/mol. The van der Waals surface area contributed by atoms with E-state index in [1.54, 1.807) is 7.11 Å². The molecular weight excluding hydrogens is 210 g/mol. The van der Waals surface area contributed by atoms with Crippen LogP contribution in [-0.4, -0.2) is 19.8 Å². The van der Waals surface area contributed by atoms with E-state index in [9.17, 15) is 0 Å². The minimum Gasteiger partial charge on any atom is -0.383 e. The van der Waals surface area contributed by atoms with Crippen LogP contribution < -0.4 is 5.32 Å². The summed E-state index contributed by atoms with van der Waals surface area (Å²) in [5.74, 6) is 0. The monoisotopic (exact) mass is 227 g/mol. The van der Waals surface area contributed by atoms with Gasteiger partial charge in [0.2, 0.25) is 0 Å². The lowest BCUT2D eigenvalue weighted by molar-refractivity contribution is 0.164. The molecule has 0 aliphatic heterocycles. The predicted octanol–water partition coefficient (Wildman–Crippen LogP) is 2.85. The van der Waals surface area contributed by atoms with Gasteiger partial charge in [0.05, 0.1) is 6.61 Å². The number of rotatable bonds is 6. The second-order valence-electron chi connectivity index (χ2n) is 3.53. The summed E-state index contributed by atoms with van der Waals surface area (Å²) in [5.41, 5.74) is 1.13. The minimum atomic E-state index is 0.395. The molecule has 2 nitrogen and oxygen atoms in total. The number of methoxy groups -OCH3 is 1. The van der Waals surface area contributed by atoms with Crippen molar-refractivity contribution < 1.29 is 4.74 Å². The van der Waals surface area contributed by atoms with Crippen molar-refractivity contribution in [2.45, 2.75) is 25.9 Å². The smallest absolute Gasteiger partial charge is 0.0615 e. The van der Waals surface area contributed by atoms with Gasteiger partial charge >= 0.3 is 0 Å². The van der Waals surface area contributed by atoms with Crippen LogP contribution in [-0.2, 0) is 11.3 Å². The van der Waals surface area contributed by atoms with Crippen LogP contribution in [0.15, 0.2) is 24.3 Å². The van der Waals surface area contributed by atoms with Crippen molar-refractivity contribution >= 4 is 11.6 Å². The molecule has 1 aromatic rings. The van der Waals surface area contributed by atoms with E-state index in [0.29, 0.717) is 6.04 Å². The standard InChI is InChI=1S/C12H18ClNO/c1-3-11(9-15-2)14-8-10-6-4-5-7-12(10)13/h4-7,11,14H,3,8-9H2,1-2H3/t11-/m0/s1. The molecule has 1 aromatic carbocycles. The molecule has 0 aromatic heterocycles. The maximum absolute atomic E-state index is 6.06. The summed E-state index contributed by atoms with van der Waals surface area (Å²) < 4.78 is 5.12. The number of hydrogen-bond donors (Lipinski definition) is 1. The number of benzene rings is 1. The highest BCUT2D eigenvalue weighted by molar-refractivity contribution is 6.31. The summed E-state index contributed by atoms with van der Waals surface area (Å²) in [4.78, 5) is 0. The molecule has 0 aliphatic carbocycles. The molecule has 3 heteroatoms. The Morgan fingerprint density at radius 1 is 1.40 bits per heavy atom. The second-order valence-corrected chi connectivity index (χ2v) is 3.94. The topological polar surface area (TPSA) is 21.3 Å². The van der Waals surface area contributed by atoms with Gasteiger partial charge in [-0.25, -0.2) is 0 Å². The first kappa shape index (κ1) is 12.5. The number of ether oxygens (including phenoxy) is 1. The summed E-state index contributed by atoms with van der Waals surface area (Å²) >= 11 is 6.06. The van der Waals surface area contributed by atoms with Crippen LogP contribution in [0.3, 0.4) is 0 Å². The molecular formula is C12H18ClNO. The van der Waals surface area contributed by atoms with Crippen molar-refractivity contribution in [2.24, 2.45) is 0 Å². The average molecular weight is 228 g/mol. The second kappa shape index (κ2) is 6.83. The van der Waals surface area contributed by atoms with Gasteiger partial charge in [0.1, 0.15) is 0 Å². The van der Waals surface area contributed by atoms with E-state index >= 15 is 0 Å². The van der Waals surface area contributed by atoms with E-state index in [2.05, 4.69) is 12.2 Å². The zero-order valence-electron chi connectivity index (χ0n) is 9.29. The molecule has 0 saturated carbocycles. The number of hydrogen-bond acceptors (Lipinski definition) is 2. The van der Waals surface area contributed by atoms with Crippen LogP contribution in [0, 0.1) is 0 Å². The Balaban J connectivity index is 2.45. The lowest BCUT2D eigenvalue weighted by Crippen LogP contribution is -2.32. The minimum absolute atomic E-state index is 0.395. The molecule has 84 valence electrons. The highest BCUT2D eigenvalue weighted by atomic mass is 35.5. The molecule has 0 spiro atoms. The summed E-state index contributed by atoms with van der Waals surface area (Å²) in [5, 5.41) is 4.23. The molecule has 0 radical (unpaired) electrons. The Labute approximate surface area is 96.6 Å². The lowest BCUT2D eigenvalue weighted by Gasteiger charge is -2.16. The molecule has 1 atom stereocenters. The molecule has 15 heavy (non-hydrogen) atoms. The number of halogens is 1. The van der Waals surface area contributed by atoms with Crippen LogP contribution in [0.2, 0.25) is 5.02 Å². The molecule has 1 N–H and O–H groups in total. The van der Waals surface area contributed by atoms with Crippen molar-refractivity contribution in [3.8, 4) is 0 Å². The van der Waals surface area contributed by atoms with Crippen molar-refractivity contribution in [3.63, 3.8) is 0 Å². The van der Waals surface area contributed by atoms with E-state index in [4.69, 9.17) is 16.3 Å². The maximum Gasteiger partial charge on any atom is 0.0615 e. The van der Waals surface area contributed by atoms with E-state index < -0.39 is 0 Å². The third-order valence-electron chi connectivity index (χ3n) is 2.40. The van der Waals surface area contributed by atoms with Gasteiger partial charge in [0.15, 0.2) is 0 Å². The molecule has 0 amide bonds. The van der Waals surface area contributed by atoms with Gasteiger partial charge in [-0.3, -0.25) is 0 Å². The van der Waals surface area contributed by atoms with Gasteiger partial charge in [0.25, 0.3) is 0 Å². The highest BCUT2D eigenvalue weighted by Crippen LogP contribution is 2.14. The molecule has 0 aliphatic rings. The Hall–Kier alpha value is -0.570. The molecule has 0 fully saturated rings. The van der Waals surface area contributed by atoms with Gasteiger partial charge in [-0.2, -0.15) is 0 Å². The first-order valence-electron chi connectivity index (χ1n) is 5.23. The van der Waals surface area contributed by atoms with E-state index in [1.165, 1.54) is 0 Å². The number of nitrogens with one attached hydrogen (secondary N) is 1. The fourth-order valence-electron chi connectivity index (χ4n) is 1.42. The van der Waals surface area contributed by atoms with Crippen LogP contribution in [0.4, 0.5) is 0 Å². The van der Waals surface area contributed by atoms with Gasteiger partial charge < -0.3 is 10.1 Å². The Morgan fingerprint density at radius 2 is 2.13 bits per heavy atom. The van der Waals surface area contributed by atoms with Crippen molar-refractivity contribution in [3.05, 3.63) is 34.9 Å². The molecule has 0 bridgehead atoms. The highest BCUT2D eigenvalue weighted by Gasteiger charge is 2.05. The van der Waals surface area contributed by atoms with E-state index in [1.807, 2.05) is 24.3 Å². The maximum atomic E-state index is 6.06. The van der Waals surface area contributed by atoms with Gasteiger partial charge in [0, 0.05) is 24.7 Å². The first-order valence-corrected chi connectivity index (χ1v) is 5.61. The molecule has 0 unspecified atom stereocenters. The van der Waals surface area contributed by atoms with Crippen LogP contribution >= 0.6 is 11.6 Å². The van der Waals surface area contributed by atoms with E-state index in [0.717, 1.165) is 30.2 Å². The third kappa shape index (κ3) is 4.20. The summed E-state index contributed by atoms with van der Waals surface area (Å²) in [6.45, 7) is 3.67. The van der Waals surface area contributed by atoms with Crippen LogP contribution in [0.25, 0.3) is 0 Å². The van der Waals surface area contributed by atoms with Gasteiger partial charge in [-0.05, 0) is 18.1 Å². The van der Waals surface area contributed by atoms with Crippen LogP contribution in [0.5, 0.6) is 0 Å². The largest absolute Gasteiger partial charge is 0.383 e. The Bertz CT molecular complexity index is 291. The van der Waals surface area contributed by atoms with Crippen molar-refractivity contribution in [1.82, 2.24) is 5.32 Å². The van der Waals surface area contributed by atoms with Crippen molar-refractivity contribution in [2.75, 3.05) is 13.7 Å². The first-order chi connectivity index (χ1) is 7.27. The Morgan fingerprint density at radius 3 is 2.73 bits per heavy atom. The average Bonchev–Trinajstić information content (AvgIpc) is 2.26. The zero-order chi connectivity index (χ0) is 11.1. The third-order valence-corrected chi connectivity index (χ3v) is 2.77. The lowest BCUT2D eigenvalue weighted by atomic mass is 10.2. The van der Waals surface area contributed by atoms with E-state index in [-0.39, 0.29) is 0 Å². The SMILES string of the molecule is CC[C@@H](COC)NCc1ccccc1Cl. The fraction of sp³-hybridized carbons (Fsp3) is 0.500. The fourth-order valence-corrected chi connectivity index (χ4v) is 1.62.